The molecule has 31 heavy (non-hydrogen) atoms. The van der Waals surface area contributed by atoms with Crippen LogP contribution in [0.2, 0.25) is 5.02 Å². The summed E-state index contributed by atoms with van der Waals surface area (Å²) in [5, 5.41) is 19.5. The summed E-state index contributed by atoms with van der Waals surface area (Å²) in [7, 11) is 1.62. The van der Waals surface area contributed by atoms with E-state index in [1.165, 1.54) is 0 Å². The van der Waals surface area contributed by atoms with Gasteiger partial charge in [0.15, 0.2) is 6.10 Å². The summed E-state index contributed by atoms with van der Waals surface area (Å²) in [5.74, 6) is -1.22. The van der Waals surface area contributed by atoms with E-state index in [9.17, 15) is 9.59 Å². The lowest BCUT2D eigenvalue weighted by Crippen LogP contribution is -2.43. The summed E-state index contributed by atoms with van der Waals surface area (Å²) >= 11 is 6.29. The molecule has 2 aromatic rings. The molecule has 0 aromatic heterocycles. The minimum absolute atomic E-state index is 0.0755. The first-order valence-corrected chi connectivity index (χ1v) is 9.80. The molecule has 3 N–H and O–H groups in total. The lowest BCUT2D eigenvalue weighted by Gasteiger charge is -2.32. The second-order valence-corrected chi connectivity index (χ2v) is 6.78. The maximum atomic E-state index is 9.55. The molecule has 166 valence electrons. The first-order chi connectivity index (χ1) is 14.9. The van der Waals surface area contributed by atoms with Crippen molar-refractivity contribution < 1.29 is 34.0 Å². The number of carboxylic acids is 2. The quantitative estimate of drug-likeness (QED) is 0.552. The van der Waals surface area contributed by atoms with Gasteiger partial charge in [-0.2, -0.15) is 0 Å². The van der Waals surface area contributed by atoms with Gasteiger partial charge in [-0.05, 0) is 17.7 Å². The van der Waals surface area contributed by atoms with Gasteiger partial charge in [0, 0.05) is 31.3 Å². The largest absolute Gasteiger partial charge is 0.497 e. The molecule has 8 nitrogen and oxygen atoms in total. The molecule has 1 heterocycles. The second-order valence-electron chi connectivity index (χ2n) is 6.37. The van der Waals surface area contributed by atoms with Gasteiger partial charge in [0.2, 0.25) is 0 Å². The van der Waals surface area contributed by atoms with Crippen LogP contribution in [0.15, 0.2) is 60.7 Å². The Labute approximate surface area is 185 Å². The van der Waals surface area contributed by atoms with Crippen LogP contribution in [-0.4, -0.2) is 55.1 Å². The fourth-order valence-corrected chi connectivity index (χ4v) is 2.92. The van der Waals surface area contributed by atoms with Crippen LogP contribution in [0.25, 0.3) is 0 Å². The number of morpholine rings is 1. The van der Waals surface area contributed by atoms with E-state index in [4.69, 9.17) is 36.0 Å². The Bertz CT molecular complexity index is 867. The highest BCUT2D eigenvalue weighted by Gasteiger charge is 2.28. The van der Waals surface area contributed by atoms with E-state index in [0.717, 1.165) is 18.7 Å². The Morgan fingerprint density at radius 2 is 1.84 bits per heavy atom. The summed E-state index contributed by atoms with van der Waals surface area (Å²) in [6.45, 7) is 2.27. The van der Waals surface area contributed by atoms with Crippen molar-refractivity contribution in [1.82, 2.24) is 5.32 Å². The summed E-state index contributed by atoms with van der Waals surface area (Å²) in [6.07, 6.45) is 0.798. The van der Waals surface area contributed by atoms with E-state index in [0.29, 0.717) is 35.3 Å². The number of methoxy groups -OCH3 is 1. The molecule has 1 aliphatic rings. The van der Waals surface area contributed by atoms with Crippen molar-refractivity contribution in [2.24, 2.45) is 0 Å². The molecule has 0 radical (unpaired) electrons. The van der Waals surface area contributed by atoms with E-state index in [2.05, 4.69) is 5.32 Å². The predicted molar refractivity (Wildman–Crippen MR) is 115 cm³/mol. The Balaban J connectivity index is 0.000000366. The minimum atomic E-state index is -1.26. The summed E-state index contributed by atoms with van der Waals surface area (Å²) in [4.78, 5) is 19.1. The molecule has 2 atom stereocenters. The van der Waals surface area contributed by atoms with Crippen molar-refractivity contribution in [3.63, 3.8) is 0 Å². The van der Waals surface area contributed by atoms with E-state index >= 15 is 0 Å². The highest BCUT2D eigenvalue weighted by atomic mass is 35.5. The molecule has 0 unspecified atom stereocenters. The van der Waals surface area contributed by atoms with Crippen molar-refractivity contribution in [3.8, 4) is 11.5 Å². The van der Waals surface area contributed by atoms with Gasteiger partial charge in [0.05, 0.1) is 18.7 Å². The van der Waals surface area contributed by atoms with Gasteiger partial charge >= 0.3 is 11.9 Å². The molecule has 0 saturated carbocycles. The Morgan fingerprint density at radius 1 is 1.16 bits per heavy atom. The van der Waals surface area contributed by atoms with Crippen LogP contribution < -0.4 is 14.8 Å². The molecule has 1 fully saturated rings. The van der Waals surface area contributed by atoms with Gasteiger partial charge in [0.1, 0.15) is 17.6 Å². The third kappa shape index (κ3) is 8.29. The van der Waals surface area contributed by atoms with E-state index < -0.39 is 11.9 Å². The number of benzene rings is 2. The van der Waals surface area contributed by atoms with Crippen molar-refractivity contribution in [2.75, 3.05) is 26.8 Å². The third-order valence-corrected chi connectivity index (χ3v) is 4.50. The summed E-state index contributed by atoms with van der Waals surface area (Å²) in [5.41, 5.74) is 1.06. The lowest BCUT2D eigenvalue weighted by molar-refractivity contribution is -0.134. The van der Waals surface area contributed by atoms with Crippen LogP contribution in [0.5, 0.6) is 11.5 Å². The van der Waals surface area contributed by atoms with Crippen molar-refractivity contribution in [1.29, 1.82) is 0 Å². The normalized spacial score (nSPS) is 16.6. The number of carboxylic acid groups (broad SMARTS) is 2. The van der Waals surface area contributed by atoms with Crippen LogP contribution in [0.3, 0.4) is 0 Å². The van der Waals surface area contributed by atoms with E-state index in [-0.39, 0.29) is 12.2 Å². The molecule has 0 bridgehead atoms. The average Bonchev–Trinajstić information content (AvgIpc) is 2.79. The van der Waals surface area contributed by atoms with Crippen LogP contribution in [0, 0.1) is 0 Å². The fourth-order valence-electron chi connectivity index (χ4n) is 2.76. The number of nitrogens with one attached hydrogen (secondary N) is 1. The predicted octanol–water partition coefficient (Wildman–Crippen LogP) is 3.17. The topological polar surface area (TPSA) is 114 Å². The number of carbonyl (C=O) groups is 2. The monoisotopic (exact) mass is 449 g/mol. The molecule has 0 aliphatic carbocycles. The molecule has 2 aromatic carbocycles. The first-order valence-electron chi connectivity index (χ1n) is 9.42. The summed E-state index contributed by atoms with van der Waals surface area (Å²) < 4.78 is 17.4. The van der Waals surface area contributed by atoms with Crippen LogP contribution in [0.1, 0.15) is 11.7 Å². The number of aliphatic carboxylic acids is 2. The molecule has 9 heteroatoms. The van der Waals surface area contributed by atoms with Crippen molar-refractivity contribution in [3.05, 3.63) is 71.3 Å². The minimum Gasteiger partial charge on any atom is -0.497 e. The molecular weight excluding hydrogens is 426 g/mol. The zero-order valence-electron chi connectivity index (χ0n) is 16.9. The van der Waals surface area contributed by atoms with Gasteiger partial charge in [-0.25, -0.2) is 9.59 Å². The second kappa shape index (κ2) is 12.6. The van der Waals surface area contributed by atoms with Crippen molar-refractivity contribution >= 4 is 23.5 Å². The number of hydrogen-bond acceptors (Lipinski definition) is 6. The van der Waals surface area contributed by atoms with Crippen molar-refractivity contribution in [2.45, 2.75) is 12.2 Å². The van der Waals surface area contributed by atoms with Gasteiger partial charge in [-0.3, -0.25) is 0 Å². The number of rotatable bonds is 7. The molecular formula is C22H24ClNO7. The van der Waals surface area contributed by atoms with Crippen LogP contribution >= 0.6 is 11.6 Å². The van der Waals surface area contributed by atoms with Gasteiger partial charge in [-0.15, -0.1) is 0 Å². The van der Waals surface area contributed by atoms with E-state index in [1.807, 2.05) is 36.4 Å². The maximum absolute atomic E-state index is 9.55. The number of halogens is 1. The maximum Gasteiger partial charge on any atom is 0.328 e. The smallest absolute Gasteiger partial charge is 0.328 e. The summed E-state index contributed by atoms with van der Waals surface area (Å²) in [6, 6.07) is 15.4. The van der Waals surface area contributed by atoms with Gasteiger partial charge in [-0.1, -0.05) is 41.9 Å². The highest BCUT2D eigenvalue weighted by molar-refractivity contribution is 6.32. The molecule has 1 aliphatic heterocycles. The Kier molecular flexibility index (Phi) is 9.83. The van der Waals surface area contributed by atoms with Crippen LogP contribution in [0.4, 0.5) is 0 Å². The number of hydrogen-bond donors (Lipinski definition) is 3. The third-order valence-electron chi connectivity index (χ3n) is 4.18. The SMILES string of the molecule is COc1ccc(Cl)c(O[C@@H](c2ccccc2)[C@@H]2CNCCO2)c1.O=C(O)/C=C/C(=O)O. The zero-order valence-corrected chi connectivity index (χ0v) is 17.6. The van der Waals surface area contributed by atoms with Gasteiger partial charge in [0.25, 0.3) is 0 Å². The average molecular weight is 450 g/mol. The Morgan fingerprint density at radius 3 is 2.39 bits per heavy atom. The van der Waals surface area contributed by atoms with E-state index in [1.54, 1.807) is 19.2 Å². The van der Waals surface area contributed by atoms with Crippen LogP contribution in [-0.2, 0) is 14.3 Å². The molecule has 1 saturated heterocycles. The number of ether oxygens (including phenoxy) is 3. The fraction of sp³-hybridized carbons (Fsp3) is 0.273. The highest BCUT2D eigenvalue weighted by Crippen LogP contribution is 2.34. The Hall–Kier alpha value is -3.07. The molecule has 0 spiro atoms. The first kappa shape index (κ1) is 24.2. The lowest BCUT2D eigenvalue weighted by atomic mass is 10.0. The van der Waals surface area contributed by atoms with Gasteiger partial charge < -0.3 is 29.7 Å². The zero-order chi connectivity index (χ0) is 22.6. The standard InChI is InChI=1S/C18H20ClNO3.C4H4O4/c1-21-14-7-8-15(19)16(11-14)23-18(13-5-3-2-4-6-13)17-12-20-9-10-22-17;5-3(6)1-2-4(7)8/h2-8,11,17-18,20H,9-10,12H2,1H3;1-2H,(H,5,6)(H,7,8)/b;2-1+/t17-,18-;/m0./s1. The molecule has 0 amide bonds. The molecule has 3 rings (SSSR count).